The van der Waals surface area contributed by atoms with Crippen molar-refractivity contribution >= 4 is 21.8 Å². The van der Waals surface area contributed by atoms with Crippen LogP contribution >= 0.6 is 15.9 Å². The molecule has 0 atom stereocenters. The molecule has 1 aromatic carbocycles. The minimum atomic E-state index is -0.495. The van der Waals surface area contributed by atoms with Gasteiger partial charge in [0, 0.05) is 23.6 Å². The first kappa shape index (κ1) is 14.5. The Morgan fingerprint density at radius 3 is 2.58 bits per heavy atom. The fourth-order valence-corrected chi connectivity index (χ4v) is 2.90. The van der Waals surface area contributed by atoms with Gasteiger partial charge in [0.25, 0.3) is 0 Å². The molecule has 0 saturated carbocycles. The number of benzene rings is 1. The van der Waals surface area contributed by atoms with E-state index < -0.39 is 5.41 Å². The van der Waals surface area contributed by atoms with Gasteiger partial charge in [-0.05, 0) is 44.4 Å². The van der Waals surface area contributed by atoms with Gasteiger partial charge in [0.05, 0.1) is 5.41 Å². The number of rotatable bonds is 2. The van der Waals surface area contributed by atoms with Gasteiger partial charge in [-0.1, -0.05) is 28.1 Å². The zero-order valence-corrected chi connectivity index (χ0v) is 13.1. The lowest BCUT2D eigenvalue weighted by atomic mass is 9.82. The van der Waals surface area contributed by atoms with Gasteiger partial charge in [-0.3, -0.25) is 4.79 Å². The Morgan fingerprint density at radius 1 is 1.37 bits per heavy atom. The molecule has 0 aliphatic carbocycles. The minimum absolute atomic E-state index is 0.192. The third-order valence-electron chi connectivity index (χ3n) is 3.91. The lowest BCUT2D eigenvalue weighted by Crippen LogP contribution is -2.49. The molecule has 1 aliphatic rings. The molecule has 104 valence electrons. The number of hydrogen-bond donors (Lipinski definition) is 1. The van der Waals surface area contributed by atoms with Crippen molar-refractivity contribution in [3.05, 3.63) is 34.3 Å². The summed E-state index contributed by atoms with van der Waals surface area (Å²) >= 11 is 3.47. The number of hydrogen-bond acceptors (Lipinski definition) is 2. The quantitative estimate of drug-likeness (QED) is 0.909. The molecule has 1 heterocycles. The first-order valence-corrected chi connectivity index (χ1v) is 7.51. The van der Waals surface area contributed by atoms with Crippen LogP contribution in [0.4, 0.5) is 0 Å². The normalized spacial score (nSPS) is 17.6. The van der Waals surface area contributed by atoms with Gasteiger partial charge in [-0.25, -0.2) is 0 Å². The maximum Gasteiger partial charge on any atom is 0.232 e. The van der Waals surface area contributed by atoms with Crippen LogP contribution in [0.5, 0.6) is 0 Å². The highest BCUT2D eigenvalue weighted by Gasteiger charge is 2.35. The maximum atomic E-state index is 12.7. The highest BCUT2D eigenvalue weighted by Crippen LogP contribution is 2.29. The van der Waals surface area contributed by atoms with E-state index in [9.17, 15) is 4.79 Å². The summed E-state index contributed by atoms with van der Waals surface area (Å²) in [5.74, 6) is 0.192. The number of nitrogens with two attached hydrogens (primary N) is 1. The van der Waals surface area contributed by atoms with Crippen molar-refractivity contribution in [1.82, 2.24) is 4.90 Å². The van der Waals surface area contributed by atoms with Crippen LogP contribution in [0.15, 0.2) is 28.7 Å². The molecule has 3 nitrogen and oxygen atoms in total. The largest absolute Gasteiger partial charge is 0.342 e. The molecule has 4 heteroatoms. The van der Waals surface area contributed by atoms with E-state index in [0.29, 0.717) is 0 Å². The summed E-state index contributed by atoms with van der Waals surface area (Å²) in [6, 6.07) is 8.23. The van der Waals surface area contributed by atoms with Crippen LogP contribution in [0.25, 0.3) is 0 Å². The van der Waals surface area contributed by atoms with Crippen molar-refractivity contribution in [2.45, 2.75) is 38.1 Å². The van der Waals surface area contributed by atoms with E-state index in [1.54, 1.807) is 0 Å². The molecule has 19 heavy (non-hydrogen) atoms. The molecule has 1 aromatic rings. The molecule has 0 bridgehead atoms. The van der Waals surface area contributed by atoms with E-state index in [-0.39, 0.29) is 11.9 Å². The summed E-state index contributed by atoms with van der Waals surface area (Å²) in [6.45, 7) is 5.53. The lowest BCUT2D eigenvalue weighted by molar-refractivity contribution is -0.137. The van der Waals surface area contributed by atoms with E-state index in [2.05, 4.69) is 15.9 Å². The first-order chi connectivity index (χ1) is 8.91. The number of carbonyl (C=O) groups excluding carboxylic acids is 1. The average molecular weight is 325 g/mol. The second-order valence-corrected chi connectivity index (χ2v) is 6.68. The number of nitrogens with zero attached hydrogens (tertiary/aromatic N) is 1. The molecule has 1 saturated heterocycles. The molecule has 2 rings (SSSR count). The summed E-state index contributed by atoms with van der Waals surface area (Å²) in [5.41, 5.74) is 6.44. The SMILES string of the molecule is CC(C)(C(=O)N1CCC(N)CC1)c1cccc(Br)c1. The number of amides is 1. The maximum absolute atomic E-state index is 12.7. The van der Waals surface area contributed by atoms with Crippen LogP contribution in [-0.4, -0.2) is 29.9 Å². The Labute approximate surface area is 123 Å². The van der Waals surface area contributed by atoms with Crippen molar-refractivity contribution in [3.63, 3.8) is 0 Å². The highest BCUT2D eigenvalue weighted by molar-refractivity contribution is 9.10. The Balaban J connectivity index is 2.17. The van der Waals surface area contributed by atoms with Crippen LogP contribution in [-0.2, 0) is 10.2 Å². The van der Waals surface area contributed by atoms with Gasteiger partial charge in [-0.15, -0.1) is 0 Å². The third kappa shape index (κ3) is 3.18. The van der Waals surface area contributed by atoms with E-state index in [0.717, 1.165) is 36.0 Å². The molecular formula is C15H21BrN2O. The Bertz CT molecular complexity index is 465. The average Bonchev–Trinajstić information content (AvgIpc) is 2.39. The molecule has 1 amide bonds. The van der Waals surface area contributed by atoms with E-state index in [1.165, 1.54) is 0 Å². The summed E-state index contributed by atoms with van der Waals surface area (Å²) in [5, 5.41) is 0. The molecule has 1 fully saturated rings. The van der Waals surface area contributed by atoms with Crippen molar-refractivity contribution in [1.29, 1.82) is 0 Å². The van der Waals surface area contributed by atoms with Crippen molar-refractivity contribution in [3.8, 4) is 0 Å². The molecular weight excluding hydrogens is 304 g/mol. The van der Waals surface area contributed by atoms with Crippen LogP contribution < -0.4 is 5.73 Å². The summed E-state index contributed by atoms with van der Waals surface area (Å²) in [4.78, 5) is 14.7. The summed E-state index contributed by atoms with van der Waals surface area (Å²) in [7, 11) is 0. The molecule has 0 radical (unpaired) electrons. The van der Waals surface area contributed by atoms with Crippen molar-refractivity contribution < 1.29 is 4.79 Å². The van der Waals surface area contributed by atoms with E-state index >= 15 is 0 Å². The molecule has 0 aromatic heterocycles. The predicted octanol–water partition coefficient (Wildman–Crippen LogP) is 2.68. The lowest BCUT2D eigenvalue weighted by Gasteiger charge is -2.36. The first-order valence-electron chi connectivity index (χ1n) is 6.72. The molecule has 1 aliphatic heterocycles. The zero-order valence-electron chi connectivity index (χ0n) is 11.5. The topological polar surface area (TPSA) is 46.3 Å². The van der Waals surface area contributed by atoms with E-state index in [1.807, 2.05) is 43.0 Å². The van der Waals surface area contributed by atoms with Crippen LogP contribution in [0, 0.1) is 0 Å². The van der Waals surface area contributed by atoms with Gasteiger partial charge in [-0.2, -0.15) is 0 Å². The van der Waals surface area contributed by atoms with E-state index in [4.69, 9.17) is 5.73 Å². The van der Waals surface area contributed by atoms with Crippen molar-refractivity contribution in [2.75, 3.05) is 13.1 Å². The van der Waals surface area contributed by atoms with Crippen LogP contribution in [0.2, 0.25) is 0 Å². The fraction of sp³-hybridized carbons (Fsp3) is 0.533. The Hall–Kier alpha value is -0.870. The van der Waals surface area contributed by atoms with Gasteiger partial charge >= 0.3 is 0 Å². The second-order valence-electron chi connectivity index (χ2n) is 5.76. The van der Waals surface area contributed by atoms with Gasteiger partial charge in [0.2, 0.25) is 5.91 Å². The number of piperidine rings is 1. The standard InChI is InChI=1S/C15H21BrN2O/c1-15(2,11-4-3-5-12(16)10-11)14(19)18-8-6-13(17)7-9-18/h3-5,10,13H,6-9,17H2,1-2H3. The highest BCUT2D eigenvalue weighted by atomic mass is 79.9. The molecule has 0 unspecified atom stereocenters. The number of likely N-dealkylation sites (tertiary alicyclic amines) is 1. The molecule has 0 spiro atoms. The number of halogens is 1. The molecule has 2 N–H and O–H groups in total. The minimum Gasteiger partial charge on any atom is -0.342 e. The van der Waals surface area contributed by atoms with Crippen molar-refractivity contribution in [2.24, 2.45) is 5.73 Å². The third-order valence-corrected chi connectivity index (χ3v) is 4.40. The number of carbonyl (C=O) groups is 1. The fourth-order valence-electron chi connectivity index (χ4n) is 2.50. The summed E-state index contributed by atoms with van der Waals surface area (Å²) < 4.78 is 1.01. The monoisotopic (exact) mass is 324 g/mol. The van der Waals surface area contributed by atoms with Crippen LogP contribution in [0.3, 0.4) is 0 Å². The Morgan fingerprint density at radius 2 is 2.00 bits per heavy atom. The second kappa shape index (κ2) is 5.63. The zero-order chi connectivity index (χ0) is 14.0. The van der Waals surface area contributed by atoms with Gasteiger partial charge in [0.1, 0.15) is 0 Å². The predicted molar refractivity (Wildman–Crippen MR) is 81.0 cm³/mol. The van der Waals surface area contributed by atoms with Gasteiger partial charge in [0.15, 0.2) is 0 Å². The Kier molecular flexibility index (Phi) is 4.31. The smallest absolute Gasteiger partial charge is 0.232 e. The summed E-state index contributed by atoms with van der Waals surface area (Å²) in [6.07, 6.45) is 1.81. The van der Waals surface area contributed by atoms with Gasteiger partial charge < -0.3 is 10.6 Å². The van der Waals surface area contributed by atoms with Crippen LogP contribution in [0.1, 0.15) is 32.3 Å².